The number of nitrogens with zero attached hydrogens (tertiary/aromatic N) is 1. The lowest BCUT2D eigenvalue weighted by molar-refractivity contribution is -0.116. The molecule has 4 heteroatoms. The van der Waals surface area contributed by atoms with Crippen LogP contribution in [0.25, 0.3) is 6.08 Å². The quantitative estimate of drug-likeness (QED) is 0.569. The van der Waals surface area contributed by atoms with Crippen LogP contribution in [0.2, 0.25) is 0 Å². The largest absolute Gasteiger partial charge is 0.353 e. The lowest BCUT2D eigenvalue weighted by Gasteiger charge is -2.09. The average molecular weight is 355 g/mol. The smallest absolute Gasteiger partial charge is 0.244 e. The van der Waals surface area contributed by atoms with Crippen molar-refractivity contribution in [2.24, 2.45) is 0 Å². The fourth-order valence-corrected chi connectivity index (χ4v) is 3.20. The molecule has 0 aliphatic carbocycles. The van der Waals surface area contributed by atoms with Crippen LogP contribution in [0.15, 0.2) is 64.4 Å². The van der Waals surface area contributed by atoms with Gasteiger partial charge in [0.2, 0.25) is 5.91 Å². The first-order chi connectivity index (χ1) is 12.0. The van der Waals surface area contributed by atoms with Crippen LogP contribution in [0.3, 0.4) is 0 Å². The Labute approximate surface area is 155 Å². The van der Waals surface area contributed by atoms with Crippen molar-refractivity contribution >= 4 is 23.7 Å². The fraction of sp³-hybridized carbons (Fsp3) is 0.286. The van der Waals surface area contributed by atoms with E-state index in [1.165, 1.54) is 10.5 Å². The Bertz CT molecular complexity index is 708. The monoisotopic (exact) mass is 354 g/mol. The van der Waals surface area contributed by atoms with Gasteiger partial charge in [0.15, 0.2) is 0 Å². The van der Waals surface area contributed by atoms with Gasteiger partial charge in [0.05, 0.1) is 0 Å². The van der Waals surface area contributed by atoms with Gasteiger partial charge in [-0.3, -0.25) is 4.79 Å². The summed E-state index contributed by atoms with van der Waals surface area (Å²) in [5.74, 6) is -0.0473. The van der Waals surface area contributed by atoms with E-state index in [1.807, 2.05) is 38.4 Å². The minimum absolute atomic E-state index is 0.0473. The lowest BCUT2D eigenvalue weighted by atomic mass is 10.2. The molecule has 0 atom stereocenters. The molecule has 1 amide bonds. The zero-order chi connectivity index (χ0) is 18.1. The molecule has 0 saturated heterocycles. The Kier molecular flexibility index (Phi) is 7.76. The number of amides is 1. The van der Waals surface area contributed by atoms with E-state index in [9.17, 15) is 4.79 Å². The standard InChI is InChI=1S/C21H26N2OS/c1-17-9-12-19(13-10-17)25-20-8-5-4-7-18(20)11-14-21(24)22-15-6-16-23(2)3/h4-5,7-14H,6,15-16H2,1-3H3,(H,22,24)/b14-11+. The van der Waals surface area contributed by atoms with Crippen LogP contribution < -0.4 is 5.32 Å². The molecule has 0 bridgehead atoms. The van der Waals surface area contributed by atoms with Crippen molar-refractivity contribution in [1.82, 2.24) is 10.2 Å². The Balaban J connectivity index is 1.95. The number of hydrogen-bond donors (Lipinski definition) is 1. The fourth-order valence-electron chi connectivity index (χ4n) is 2.28. The molecule has 2 aromatic rings. The molecular weight excluding hydrogens is 328 g/mol. The highest BCUT2D eigenvalue weighted by Crippen LogP contribution is 2.31. The lowest BCUT2D eigenvalue weighted by Crippen LogP contribution is -2.25. The van der Waals surface area contributed by atoms with Crippen LogP contribution in [0.1, 0.15) is 17.5 Å². The second kappa shape index (κ2) is 10.1. The highest BCUT2D eigenvalue weighted by atomic mass is 32.2. The normalized spacial score (nSPS) is 11.2. The van der Waals surface area contributed by atoms with Crippen molar-refractivity contribution in [2.75, 3.05) is 27.2 Å². The number of hydrogen-bond acceptors (Lipinski definition) is 3. The molecule has 2 aromatic carbocycles. The molecule has 0 spiro atoms. The summed E-state index contributed by atoms with van der Waals surface area (Å²) in [5, 5.41) is 2.92. The van der Waals surface area contributed by atoms with Gasteiger partial charge in [0, 0.05) is 22.4 Å². The van der Waals surface area contributed by atoms with E-state index < -0.39 is 0 Å². The van der Waals surface area contributed by atoms with Crippen molar-refractivity contribution in [2.45, 2.75) is 23.1 Å². The van der Waals surface area contributed by atoms with Crippen molar-refractivity contribution in [3.63, 3.8) is 0 Å². The molecule has 0 aliphatic rings. The maximum Gasteiger partial charge on any atom is 0.244 e. The Morgan fingerprint density at radius 1 is 1.12 bits per heavy atom. The Morgan fingerprint density at radius 3 is 2.56 bits per heavy atom. The molecule has 2 rings (SSSR count). The maximum absolute atomic E-state index is 11.9. The third-order valence-corrected chi connectivity index (χ3v) is 4.76. The maximum atomic E-state index is 11.9. The molecule has 0 fully saturated rings. The van der Waals surface area contributed by atoms with Crippen molar-refractivity contribution < 1.29 is 4.79 Å². The predicted molar refractivity (Wildman–Crippen MR) is 107 cm³/mol. The average Bonchev–Trinajstić information content (AvgIpc) is 2.60. The van der Waals surface area contributed by atoms with E-state index in [4.69, 9.17) is 0 Å². The van der Waals surface area contributed by atoms with Gasteiger partial charge in [-0.25, -0.2) is 0 Å². The SMILES string of the molecule is Cc1ccc(Sc2ccccc2/C=C/C(=O)NCCCN(C)C)cc1. The third kappa shape index (κ3) is 7.16. The molecule has 1 N–H and O–H groups in total. The van der Waals surface area contributed by atoms with Crippen molar-refractivity contribution in [3.8, 4) is 0 Å². The van der Waals surface area contributed by atoms with Gasteiger partial charge in [-0.15, -0.1) is 0 Å². The van der Waals surface area contributed by atoms with E-state index in [2.05, 4.69) is 47.5 Å². The minimum atomic E-state index is -0.0473. The van der Waals surface area contributed by atoms with Gasteiger partial charge in [0.1, 0.15) is 0 Å². The summed E-state index contributed by atoms with van der Waals surface area (Å²) in [6.45, 7) is 3.75. The van der Waals surface area contributed by atoms with Crippen LogP contribution in [0, 0.1) is 6.92 Å². The third-order valence-electron chi connectivity index (χ3n) is 3.66. The summed E-state index contributed by atoms with van der Waals surface area (Å²) in [6, 6.07) is 16.6. The first kappa shape index (κ1) is 19.3. The van der Waals surface area contributed by atoms with Crippen LogP contribution in [0.4, 0.5) is 0 Å². The summed E-state index contributed by atoms with van der Waals surface area (Å²) in [4.78, 5) is 16.4. The second-order valence-corrected chi connectivity index (χ2v) is 7.35. The van der Waals surface area contributed by atoms with Gasteiger partial charge in [-0.2, -0.15) is 0 Å². The number of carbonyl (C=O) groups excluding carboxylic acids is 1. The van der Waals surface area contributed by atoms with Crippen molar-refractivity contribution in [3.05, 3.63) is 65.7 Å². The molecular formula is C21H26N2OS. The molecule has 0 saturated carbocycles. The summed E-state index contributed by atoms with van der Waals surface area (Å²) in [6.07, 6.45) is 4.45. The second-order valence-electron chi connectivity index (χ2n) is 6.23. The summed E-state index contributed by atoms with van der Waals surface area (Å²) in [7, 11) is 4.06. The zero-order valence-electron chi connectivity index (χ0n) is 15.2. The summed E-state index contributed by atoms with van der Waals surface area (Å²) >= 11 is 1.71. The molecule has 0 aromatic heterocycles. The van der Waals surface area contributed by atoms with E-state index >= 15 is 0 Å². The molecule has 3 nitrogen and oxygen atoms in total. The van der Waals surface area contributed by atoms with Crippen molar-refractivity contribution in [1.29, 1.82) is 0 Å². The van der Waals surface area contributed by atoms with Gasteiger partial charge in [-0.05, 0) is 63.8 Å². The van der Waals surface area contributed by atoms with Crippen LogP contribution >= 0.6 is 11.8 Å². The number of nitrogens with one attached hydrogen (secondary N) is 1. The number of carbonyl (C=O) groups is 1. The molecule has 0 unspecified atom stereocenters. The van der Waals surface area contributed by atoms with E-state index in [1.54, 1.807) is 17.8 Å². The zero-order valence-corrected chi connectivity index (χ0v) is 16.0. The molecule has 0 aliphatic heterocycles. The van der Waals surface area contributed by atoms with Gasteiger partial charge in [-0.1, -0.05) is 47.7 Å². The van der Waals surface area contributed by atoms with E-state index in [0.29, 0.717) is 6.54 Å². The molecule has 25 heavy (non-hydrogen) atoms. The molecule has 132 valence electrons. The first-order valence-corrected chi connectivity index (χ1v) is 9.30. The number of benzene rings is 2. The first-order valence-electron chi connectivity index (χ1n) is 8.49. The Hall–Kier alpha value is -2.04. The highest BCUT2D eigenvalue weighted by molar-refractivity contribution is 7.99. The van der Waals surface area contributed by atoms with Gasteiger partial charge in [0.25, 0.3) is 0 Å². The van der Waals surface area contributed by atoms with Crippen LogP contribution in [-0.4, -0.2) is 38.0 Å². The van der Waals surface area contributed by atoms with E-state index in [-0.39, 0.29) is 5.91 Å². The van der Waals surface area contributed by atoms with Crippen LogP contribution in [-0.2, 0) is 4.79 Å². The Morgan fingerprint density at radius 2 is 1.84 bits per heavy atom. The predicted octanol–water partition coefficient (Wildman–Crippen LogP) is 4.23. The topological polar surface area (TPSA) is 32.3 Å². The highest BCUT2D eigenvalue weighted by Gasteiger charge is 2.03. The molecule has 0 heterocycles. The van der Waals surface area contributed by atoms with Crippen LogP contribution in [0.5, 0.6) is 0 Å². The summed E-state index contributed by atoms with van der Waals surface area (Å²) in [5.41, 5.74) is 2.31. The number of aryl methyl sites for hydroxylation is 1. The van der Waals surface area contributed by atoms with Gasteiger partial charge < -0.3 is 10.2 Å². The number of rotatable bonds is 8. The molecule has 0 radical (unpaired) electrons. The van der Waals surface area contributed by atoms with Gasteiger partial charge >= 0.3 is 0 Å². The van der Waals surface area contributed by atoms with E-state index in [0.717, 1.165) is 23.4 Å². The minimum Gasteiger partial charge on any atom is -0.353 e. The summed E-state index contributed by atoms with van der Waals surface area (Å²) < 4.78 is 0.